The van der Waals surface area contributed by atoms with Gasteiger partial charge < -0.3 is 10.0 Å². The van der Waals surface area contributed by atoms with Crippen LogP contribution in [0.2, 0.25) is 0 Å². The minimum atomic E-state index is -0.241. The number of aryl methyl sites for hydroxylation is 2. The van der Waals surface area contributed by atoms with E-state index in [0.717, 1.165) is 36.9 Å². The molecule has 0 aromatic carbocycles. The van der Waals surface area contributed by atoms with Crippen molar-refractivity contribution in [3.05, 3.63) is 17.5 Å². The van der Waals surface area contributed by atoms with Gasteiger partial charge in [0.25, 0.3) is 0 Å². The molecule has 1 heterocycles. The van der Waals surface area contributed by atoms with Crippen LogP contribution in [0.15, 0.2) is 6.20 Å². The van der Waals surface area contributed by atoms with Crippen molar-refractivity contribution in [2.45, 2.75) is 51.6 Å². The van der Waals surface area contributed by atoms with Crippen molar-refractivity contribution in [1.29, 1.82) is 0 Å². The van der Waals surface area contributed by atoms with Gasteiger partial charge in [-0.3, -0.25) is 9.48 Å². The Kier molecular flexibility index (Phi) is 5.39. The molecule has 2 rings (SSSR count). The van der Waals surface area contributed by atoms with Crippen LogP contribution in [0.3, 0.4) is 0 Å². The van der Waals surface area contributed by atoms with Crippen LogP contribution in [0.25, 0.3) is 0 Å². The molecule has 118 valence electrons. The molecule has 1 aromatic heterocycles. The summed E-state index contributed by atoms with van der Waals surface area (Å²) < 4.78 is 1.84. The maximum Gasteiger partial charge on any atom is 0.222 e. The summed E-state index contributed by atoms with van der Waals surface area (Å²) in [4.78, 5) is 14.0. The van der Waals surface area contributed by atoms with Crippen LogP contribution in [-0.2, 0) is 18.3 Å². The Balaban J connectivity index is 1.81. The molecule has 1 aliphatic rings. The zero-order chi connectivity index (χ0) is 15.4. The molecule has 21 heavy (non-hydrogen) atoms. The minimum Gasteiger partial charge on any atom is -0.393 e. The number of carbonyl (C=O) groups excluding carboxylic acids is 1. The van der Waals surface area contributed by atoms with Crippen molar-refractivity contribution in [1.82, 2.24) is 14.7 Å². The number of hydrogen-bond acceptors (Lipinski definition) is 3. The van der Waals surface area contributed by atoms with Crippen molar-refractivity contribution in [3.63, 3.8) is 0 Å². The quantitative estimate of drug-likeness (QED) is 0.898. The average Bonchev–Trinajstić information content (AvgIpc) is 2.78. The molecule has 2 unspecified atom stereocenters. The highest BCUT2D eigenvalue weighted by molar-refractivity contribution is 5.76. The summed E-state index contributed by atoms with van der Waals surface area (Å²) in [5.74, 6) is 0.392. The first-order chi connectivity index (χ1) is 9.99. The first-order valence-electron chi connectivity index (χ1n) is 7.88. The molecular weight excluding hydrogens is 266 g/mol. The van der Waals surface area contributed by atoms with Gasteiger partial charge in [-0.1, -0.05) is 12.8 Å². The summed E-state index contributed by atoms with van der Waals surface area (Å²) >= 11 is 0. The zero-order valence-corrected chi connectivity index (χ0v) is 13.4. The predicted molar refractivity (Wildman–Crippen MR) is 81.9 cm³/mol. The fourth-order valence-corrected chi connectivity index (χ4v) is 3.08. The lowest BCUT2D eigenvalue weighted by atomic mass is 9.86. The Bertz CT molecular complexity index is 484. The van der Waals surface area contributed by atoms with Crippen molar-refractivity contribution in [2.75, 3.05) is 13.6 Å². The first-order valence-corrected chi connectivity index (χ1v) is 7.88. The monoisotopic (exact) mass is 293 g/mol. The number of hydrogen-bond donors (Lipinski definition) is 1. The first kappa shape index (κ1) is 16.0. The summed E-state index contributed by atoms with van der Waals surface area (Å²) in [6.07, 6.45) is 7.01. The Labute approximate surface area is 126 Å². The number of amides is 1. The lowest BCUT2D eigenvalue weighted by Gasteiger charge is -2.31. The summed E-state index contributed by atoms with van der Waals surface area (Å²) in [6.45, 7) is 2.70. The van der Waals surface area contributed by atoms with Gasteiger partial charge >= 0.3 is 0 Å². The molecule has 0 aliphatic heterocycles. The highest BCUT2D eigenvalue weighted by Crippen LogP contribution is 2.25. The van der Waals surface area contributed by atoms with Crippen LogP contribution in [0.1, 0.15) is 43.4 Å². The molecule has 0 spiro atoms. The number of aliphatic hydroxyl groups is 1. The summed E-state index contributed by atoms with van der Waals surface area (Å²) in [7, 11) is 3.76. The van der Waals surface area contributed by atoms with E-state index in [4.69, 9.17) is 0 Å². The second-order valence-corrected chi connectivity index (χ2v) is 6.26. The van der Waals surface area contributed by atoms with Crippen LogP contribution in [-0.4, -0.2) is 45.4 Å². The average molecular weight is 293 g/mol. The van der Waals surface area contributed by atoms with E-state index >= 15 is 0 Å². The second kappa shape index (κ2) is 7.07. The molecule has 1 N–H and O–H groups in total. The lowest BCUT2D eigenvalue weighted by molar-refractivity contribution is -0.131. The van der Waals surface area contributed by atoms with Gasteiger partial charge in [0.1, 0.15) is 0 Å². The molecule has 1 aromatic rings. The van der Waals surface area contributed by atoms with E-state index in [1.165, 1.54) is 6.42 Å². The molecule has 1 aliphatic carbocycles. The van der Waals surface area contributed by atoms with E-state index in [1.54, 1.807) is 4.90 Å². The lowest BCUT2D eigenvalue weighted by Crippen LogP contribution is -2.38. The van der Waals surface area contributed by atoms with Gasteiger partial charge in [0, 0.05) is 38.7 Å². The number of rotatable bonds is 5. The highest BCUT2D eigenvalue weighted by Gasteiger charge is 2.25. The van der Waals surface area contributed by atoms with Crippen LogP contribution in [0.4, 0.5) is 0 Å². The van der Waals surface area contributed by atoms with Gasteiger partial charge in [0.15, 0.2) is 0 Å². The van der Waals surface area contributed by atoms with Gasteiger partial charge in [0.2, 0.25) is 5.91 Å². The van der Waals surface area contributed by atoms with Crippen LogP contribution in [0.5, 0.6) is 0 Å². The molecule has 0 saturated heterocycles. The van der Waals surface area contributed by atoms with Crippen molar-refractivity contribution >= 4 is 5.91 Å². The third kappa shape index (κ3) is 4.06. The van der Waals surface area contributed by atoms with E-state index in [0.29, 0.717) is 13.0 Å². The molecule has 2 atom stereocenters. The van der Waals surface area contributed by atoms with Gasteiger partial charge in [0.05, 0.1) is 12.3 Å². The van der Waals surface area contributed by atoms with E-state index in [9.17, 15) is 9.90 Å². The molecule has 0 bridgehead atoms. The third-order valence-corrected chi connectivity index (χ3v) is 4.75. The predicted octanol–water partition coefficient (Wildman–Crippen LogP) is 1.67. The number of aromatic nitrogens is 2. The summed E-state index contributed by atoms with van der Waals surface area (Å²) in [5, 5.41) is 14.2. The molecule has 5 nitrogen and oxygen atoms in total. The minimum absolute atomic E-state index is 0.149. The third-order valence-electron chi connectivity index (χ3n) is 4.75. The Hall–Kier alpha value is -1.36. The van der Waals surface area contributed by atoms with Crippen molar-refractivity contribution in [2.24, 2.45) is 13.0 Å². The largest absolute Gasteiger partial charge is 0.393 e. The molecule has 1 fully saturated rings. The Morgan fingerprint density at radius 1 is 1.48 bits per heavy atom. The Morgan fingerprint density at radius 3 is 2.81 bits per heavy atom. The smallest absolute Gasteiger partial charge is 0.222 e. The summed E-state index contributed by atoms with van der Waals surface area (Å²) in [5.41, 5.74) is 2.25. The Morgan fingerprint density at radius 2 is 2.19 bits per heavy atom. The van der Waals surface area contributed by atoms with Gasteiger partial charge in [-0.15, -0.1) is 0 Å². The van der Waals surface area contributed by atoms with E-state index in [1.807, 2.05) is 31.9 Å². The molecule has 1 saturated carbocycles. The van der Waals surface area contributed by atoms with Crippen LogP contribution < -0.4 is 0 Å². The van der Waals surface area contributed by atoms with Gasteiger partial charge in [-0.25, -0.2) is 0 Å². The van der Waals surface area contributed by atoms with Crippen molar-refractivity contribution < 1.29 is 9.90 Å². The van der Waals surface area contributed by atoms with Gasteiger partial charge in [-0.05, 0) is 31.7 Å². The molecule has 5 heteroatoms. The molecular formula is C16H27N3O2. The van der Waals surface area contributed by atoms with Crippen LogP contribution in [0, 0.1) is 12.8 Å². The normalized spacial score (nSPS) is 22.3. The fourth-order valence-electron chi connectivity index (χ4n) is 3.08. The maximum atomic E-state index is 12.2. The second-order valence-electron chi connectivity index (χ2n) is 6.26. The standard InChI is InChI=1S/C16H27N3O2/c1-12-13(10-17-19(12)3)8-9-16(21)18(2)11-14-6-4-5-7-15(14)20/h10,14-15,20H,4-9,11H2,1-3H3. The highest BCUT2D eigenvalue weighted by atomic mass is 16.3. The molecule has 0 radical (unpaired) electrons. The van der Waals surface area contributed by atoms with Crippen LogP contribution >= 0.6 is 0 Å². The van der Waals surface area contributed by atoms with Gasteiger partial charge in [-0.2, -0.15) is 5.10 Å². The number of nitrogens with zero attached hydrogens (tertiary/aromatic N) is 3. The molecule has 1 amide bonds. The number of aliphatic hydroxyl groups excluding tert-OH is 1. The topological polar surface area (TPSA) is 58.4 Å². The van der Waals surface area contributed by atoms with E-state index in [-0.39, 0.29) is 17.9 Å². The van der Waals surface area contributed by atoms with Crippen molar-refractivity contribution in [3.8, 4) is 0 Å². The zero-order valence-electron chi connectivity index (χ0n) is 13.4. The van der Waals surface area contributed by atoms with E-state index < -0.39 is 0 Å². The SMILES string of the molecule is Cc1c(CCC(=O)N(C)CC2CCCCC2O)cnn1C. The summed E-state index contributed by atoms with van der Waals surface area (Å²) in [6, 6.07) is 0. The fraction of sp³-hybridized carbons (Fsp3) is 0.750. The maximum absolute atomic E-state index is 12.2. The number of carbonyl (C=O) groups is 1. The van der Waals surface area contributed by atoms with E-state index in [2.05, 4.69) is 5.10 Å².